The normalized spacial score (nSPS) is 14.2. The van der Waals surface area contributed by atoms with Crippen LogP contribution in [0, 0.1) is 0 Å². The molecule has 0 bridgehead atoms. The Bertz CT molecular complexity index is 726. The van der Waals surface area contributed by atoms with Crippen molar-refractivity contribution in [3.05, 3.63) is 59.7 Å². The molecule has 0 unspecified atom stereocenters. The van der Waals surface area contributed by atoms with Crippen molar-refractivity contribution in [3.8, 4) is 0 Å². The molecule has 1 aliphatic heterocycles. The first kappa shape index (κ1) is 16.4. The predicted molar refractivity (Wildman–Crippen MR) is 87.0 cm³/mol. The van der Waals surface area contributed by atoms with E-state index >= 15 is 0 Å². The molecule has 3 rings (SSSR count). The maximum atomic E-state index is 12.5. The number of hydrogen-bond donors (Lipinski definition) is 1. The number of nitrogens with zero attached hydrogens (tertiary/aromatic N) is 1. The average molecular weight is 334 g/mol. The topological polar surface area (TPSA) is 32.3 Å². The fourth-order valence-corrected chi connectivity index (χ4v) is 2.84. The van der Waals surface area contributed by atoms with Crippen molar-refractivity contribution in [2.45, 2.75) is 19.0 Å². The van der Waals surface area contributed by atoms with E-state index in [4.69, 9.17) is 0 Å². The van der Waals surface area contributed by atoms with E-state index in [1.807, 2.05) is 24.3 Å². The molecule has 0 atom stereocenters. The second-order valence-electron chi connectivity index (χ2n) is 5.71. The molecular formula is C18H17F3N2O. The van der Waals surface area contributed by atoms with Crippen molar-refractivity contribution in [3.63, 3.8) is 0 Å². The van der Waals surface area contributed by atoms with Gasteiger partial charge in [-0.15, -0.1) is 0 Å². The highest BCUT2D eigenvalue weighted by molar-refractivity contribution is 5.97. The lowest BCUT2D eigenvalue weighted by molar-refractivity contribution is -0.137. The van der Waals surface area contributed by atoms with Gasteiger partial charge in [-0.1, -0.05) is 18.2 Å². The van der Waals surface area contributed by atoms with Crippen LogP contribution in [0.5, 0.6) is 0 Å². The van der Waals surface area contributed by atoms with Crippen LogP contribution in [-0.4, -0.2) is 19.0 Å². The lowest BCUT2D eigenvalue weighted by Gasteiger charge is -2.29. The Hall–Kier alpha value is -2.50. The lowest BCUT2D eigenvalue weighted by Crippen LogP contribution is -2.39. The average Bonchev–Trinajstić information content (AvgIpc) is 2.59. The third-order valence-electron chi connectivity index (χ3n) is 4.07. The number of nitrogens with one attached hydrogen (secondary N) is 1. The highest BCUT2D eigenvalue weighted by Crippen LogP contribution is 2.30. The second-order valence-corrected chi connectivity index (χ2v) is 5.71. The number of amides is 1. The molecule has 2 aromatic carbocycles. The maximum Gasteiger partial charge on any atom is 0.416 e. The zero-order chi connectivity index (χ0) is 17.2. The number of carbonyl (C=O) groups is 1. The Balaban J connectivity index is 1.64. The third kappa shape index (κ3) is 3.53. The van der Waals surface area contributed by atoms with Crippen LogP contribution in [0.3, 0.4) is 0 Å². The SMILES string of the molecule is O=C(CNc1ccc(C(F)(F)F)cc1)N1CCCc2ccccc21. The predicted octanol–water partition coefficient (Wildman–Crippen LogP) is 4.10. The molecule has 3 nitrogen and oxygen atoms in total. The Kier molecular flexibility index (Phi) is 4.46. The summed E-state index contributed by atoms with van der Waals surface area (Å²) in [6, 6.07) is 12.5. The molecular weight excluding hydrogens is 317 g/mol. The van der Waals surface area contributed by atoms with E-state index in [-0.39, 0.29) is 12.5 Å². The summed E-state index contributed by atoms with van der Waals surface area (Å²) in [5.74, 6) is -0.0953. The number of alkyl halides is 3. The highest BCUT2D eigenvalue weighted by Gasteiger charge is 2.30. The Morgan fingerprint density at radius 2 is 1.79 bits per heavy atom. The van der Waals surface area contributed by atoms with E-state index in [0.29, 0.717) is 12.2 Å². The molecule has 0 fully saturated rings. The van der Waals surface area contributed by atoms with Crippen LogP contribution in [-0.2, 0) is 17.4 Å². The summed E-state index contributed by atoms with van der Waals surface area (Å²) >= 11 is 0. The quantitative estimate of drug-likeness (QED) is 0.917. The molecule has 0 aromatic heterocycles. The molecule has 6 heteroatoms. The standard InChI is InChI=1S/C18H17F3N2O/c19-18(20,21)14-7-9-15(10-8-14)22-12-17(24)23-11-3-5-13-4-1-2-6-16(13)23/h1-2,4,6-10,22H,3,5,11-12H2. The van der Waals surface area contributed by atoms with E-state index in [1.165, 1.54) is 12.1 Å². The van der Waals surface area contributed by atoms with Gasteiger partial charge < -0.3 is 10.2 Å². The minimum Gasteiger partial charge on any atom is -0.376 e. The van der Waals surface area contributed by atoms with Crippen molar-refractivity contribution in [1.82, 2.24) is 0 Å². The Labute approximate surface area is 138 Å². The van der Waals surface area contributed by atoms with Crippen molar-refractivity contribution < 1.29 is 18.0 Å². The zero-order valence-corrected chi connectivity index (χ0v) is 12.9. The first-order valence-corrected chi connectivity index (χ1v) is 7.74. The van der Waals surface area contributed by atoms with Gasteiger partial charge in [-0.25, -0.2) is 0 Å². The van der Waals surface area contributed by atoms with Crippen molar-refractivity contribution in [1.29, 1.82) is 0 Å². The van der Waals surface area contributed by atoms with Gasteiger partial charge in [-0.2, -0.15) is 13.2 Å². The van der Waals surface area contributed by atoms with Crippen LogP contribution in [0.2, 0.25) is 0 Å². The monoisotopic (exact) mass is 334 g/mol. The van der Waals surface area contributed by atoms with E-state index in [1.54, 1.807) is 4.90 Å². The number of rotatable bonds is 3. The molecule has 24 heavy (non-hydrogen) atoms. The fourth-order valence-electron chi connectivity index (χ4n) is 2.84. The number of hydrogen-bond acceptors (Lipinski definition) is 2. The molecule has 1 aliphatic rings. The van der Waals surface area contributed by atoms with Gasteiger partial charge in [0.1, 0.15) is 0 Å². The highest BCUT2D eigenvalue weighted by atomic mass is 19.4. The van der Waals surface area contributed by atoms with E-state index < -0.39 is 11.7 Å². The molecule has 1 N–H and O–H groups in total. The fraction of sp³-hybridized carbons (Fsp3) is 0.278. The molecule has 1 heterocycles. The number of anilines is 2. The van der Waals surface area contributed by atoms with Gasteiger partial charge in [0.05, 0.1) is 12.1 Å². The van der Waals surface area contributed by atoms with Crippen LogP contribution in [0.1, 0.15) is 17.5 Å². The number of benzene rings is 2. The molecule has 0 radical (unpaired) electrons. The Morgan fingerprint density at radius 1 is 1.08 bits per heavy atom. The number of fused-ring (bicyclic) bond motifs is 1. The van der Waals surface area contributed by atoms with Gasteiger partial charge in [-0.05, 0) is 48.7 Å². The maximum absolute atomic E-state index is 12.5. The Morgan fingerprint density at radius 3 is 2.50 bits per heavy atom. The summed E-state index contributed by atoms with van der Waals surface area (Å²) in [6.07, 6.45) is -2.50. The van der Waals surface area contributed by atoms with Gasteiger partial charge in [0.25, 0.3) is 0 Å². The second kappa shape index (κ2) is 6.55. The summed E-state index contributed by atoms with van der Waals surface area (Å²) in [6.45, 7) is 0.699. The van der Waals surface area contributed by atoms with Gasteiger partial charge in [0.2, 0.25) is 5.91 Å². The number of carbonyl (C=O) groups excluding carboxylic acids is 1. The smallest absolute Gasteiger partial charge is 0.376 e. The minimum absolute atomic E-state index is 0.0414. The summed E-state index contributed by atoms with van der Waals surface area (Å²) < 4.78 is 37.6. The molecule has 2 aromatic rings. The van der Waals surface area contributed by atoms with Gasteiger partial charge in [0, 0.05) is 17.9 Å². The van der Waals surface area contributed by atoms with E-state index in [2.05, 4.69) is 5.32 Å². The number of halogens is 3. The summed E-state index contributed by atoms with van der Waals surface area (Å²) in [4.78, 5) is 14.2. The summed E-state index contributed by atoms with van der Waals surface area (Å²) in [5.41, 5.74) is 1.85. The molecule has 0 spiro atoms. The first-order chi connectivity index (χ1) is 11.4. The molecule has 1 amide bonds. The van der Waals surface area contributed by atoms with Crippen LogP contribution in [0.15, 0.2) is 48.5 Å². The first-order valence-electron chi connectivity index (χ1n) is 7.74. The van der Waals surface area contributed by atoms with Crippen LogP contribution >= 0.6 is 0 Å². The number of para-hydroxylation sites is 1. The number of aryl methyl sites for hydroxylation is 1. The van der Waals surface area contributed by atoms with Crippen molar-refractivity contribution >= 4 is 17.3 Å². The van der Waals surface area contributed by atoms with Gasteiger partial charge >= 0.3 is 6.18 Å². The molecule has 126 valence electrons. The summed E-state index contributed by atoms with van der Waals surface area (Å²) in [7, 11) is 0. The largest absolute Gasteiger partial charge is 0.416 e. The van der Waals surface area contributed by atoms with Crippen LogP contribution < -0.4 is 10.2 Å². The molecule has 0 aliphatic carbocycles. The third-order valence-corrected chi connectivity index (χ3v) is 4.07. The zero-order valence-electron chi connectivity index (χ0n) is 12.9. The van der Waals surface area contributed by atoms with Crippen LogP contribution in [0.25, 0.3) is 0 Å². The van der Waals surface area contributed by atoms with Crippen LogP contribution in [0.4, 0.5) is 24.5 Å². The van der Waals surface area contributed by atoms with Gasteiger partial charge in [-0.3, -0.25) is 4.79 Å². The summed E-state index contributed by atoms with van der Waals surface area (Å²) in [5, 5.41) is 2.89. The van der Waals surface area contributed by atoms with E-state index in [0.717, 1.165) is 36.2 Å². The molecule has 0 saturated carbocycles. The van der Waals surface area contributed by atoms with Gasteiger partial charge in [0.15, 0.2) is 0 Å². The lowest BCUT2D eigenvalue weighted by atomic mass is 10.0. The van der Waals surface area contributed by atoms with Crippen molar-refractivity contribution in [2.24, 2.45) is 0 Å². The minimum atomic E-state index is -4.36. The van der Waals surface area contributed by atoms with E-state index in [9.17, 15) is 18.0 Å². The molecule has 0 saturated heterocycles. The van der Waals surface area contributed by atoms with Crippen molar-refractivity contribution in [2.75, 3.05) is 23.3 Å².